The molecule has 2 heterocycles. The second-order valence-electron chi connectivity index (χ2n) is 6.18. The third-order valence-electron chi connectivity index (χ3n) is 4.53. The Morgan fingerprint density at radius 2 is 1.64 bits per heavy atom. The molecule has 0 aliphatic carbocycles. The molecule has 1 aromatic carbocycles. The first-order chi connectivity index (χ1) is 12.1. The van der Waals surface area contributed by atoms with E-state index in [0.29, 0.717) is 43.9 Å². The number of rotatable bonds is 5. The zero-order valence-corrected chi connectivity index (χ0v) is 14.4. The quantitative estimate of drug-likeness (QED) is 0.752. The van der Waals surface area contributed by atoms with E-state index >= 15 is 0 Å². The number of aryl methyl sites for hydroxylation is 1. The van der Waals surface area contributed by atoms with Gasteiger partial charge in [-0.3, -0.25) is 19.0 Å². The molecule has 0 radical (unpaired) electrons. The van der Waals surface area contributed by atoms with Crippen LogP contribution in [0.15, 0.2) is 33.9 Å². The van der Waals surface area contributed by atoms with Gasteiger partial charge in [-0.15, -0.1) is 0 Å². The summed E-state index contributed by atoms with van der Waals surface area (Å²) in [6.07, 6.45) is 1.75. The van der Waals surface area contributed by atoms with Crippen LogP contribution in [0.25, 0.3) is 11.0 Å². The van der Waals surface area contributed by atoms with Gasteiger partial charge in [0.05, 0.1) is 24.2 Å². The molecule has 0 N–H and O–H groups in total. The van der Waals surface area contributed by atoms with Crippen LogP contribution in [-0.4, -0.2) is 46.2 Å². The number of hydrogen-bond donors (Lipinski definition) is 0. The van der Waals surface area contributed by atoms with Crippen molar-refractivity contribution in [1.29, 1.82) is 0 Å². The molecule has 1 aliphatic heterocycles. The molecule has 1 amide bonds. The Morgan fingerprint density at radius 3 is 2.28 bits per heavy atom. The van der Waals surface area contributed by atoms with Crippen molar-refractivity contribution in [2.24, 2.45) is 0 Å². The number of para-hydroxylation sites is 2. The van der Waals surface area contributed by atoms with Crippen LogP contribution in [0.2, 0.25) is 0 Å². The number of morpholine rings is 1. The number of carbonyl (C=O) groups is 1. The standard InChI is InChI=1S/C18H23N3O4/c1-2-3-8-20-14-6-4-5-7-15(14)21(18(24)17(20)23)13-16(22)19-9-11-25-12-10-19/h4-7H,2-3,8-13H2,1H3. The van der Waals surface area contributed by atoms with E-state index in [1.807, 2.05) is 25.1 Å². The molecule has 134 valence electrons. The van der Waals surface area contributed by atoms with Crippen LogP contribution in [0.4, 0.5) is 0 Å². The molecule has 7 heteroatoms. The first-order valence-corrected chi connectivity index (χ1v) is 8.71. The average Bonchev–Trinajstić information content (AvgIpc) is 2.66. The SMILES string of the molecule is CCCCn1c(=O)c(=O)n(CC(=O)N2CCOCC2)c2ccccc21. The molecule has 0 bridgehead atoms. The monoisotopic (exact) mass is 345 g/mol. The van der Waals surface area contributed by atoms with E-state index in [1.54, 1.807) is 11.0 Å². The Balaban J connectivity index is 2.03. The number of hydrogen-bond acceptors (Lipinski definition) is 4. The molecule has 25 heavy (non-hydrogen) atoms. The Morgan fingerprint density at radius 1 is 1.04 bits per heavy atom. The van der Waals surface area contributed by atoms with Gasteiger partial charge in [0.2, 0.25) is 5.91 Å². The zero-order valence-electron chi connectivity index (χ0n) is 14.4. The smallest absolute Gasteiger partial charge is 0.317 e. The zero-order chi connectivity index (χ0) is 17.8. The van der Waals surface area contributed by atoms with Crippen molar-refractivity contribution < 1.29 is 9.53 Å². The number of fused-ring (bicyclic) bond motifs is 1. The summed E-state index contributed by atoms with van der Waals surface area (Å²) >= 11 is 0. The number of ether oxygens (including phenoxy) is 1. The lowest BCUT2D eigenvalue weighted by Gasteiger charge is -2.27. The lowest BCUT2D eigenvalue weighted by Crippen LogP contribution is -2.47. The van der Waals surface area contributed by atoms with Crippen molar-refractivity contribution >= 4 is 16.9 Å². The number of benzene rings is 1. The van der Waals surface area contributed by atoms with Gasteiger partial charge in [0.25, 0.3) is 0 Å². The van der Waals surface area contributed by atoms with Gasteiger partial charge in [-0.05, 0) is 18.6 Å². The summed E-state index contributed by atoms with van der Waals surface area (Å²) in [4.78, 5) is 39.4. The molecular weight excluding hydrogens is 322 g/mol. The average molecular weight is 345 g/mol. The van der Waals surface area contributed by atoms with Gasteiger partial charge in [-0.1, -0.05) is 25.5 Å². The van der Waals surface area contributed by atoms with Gasteiger partial charge in [-0.25, -0.2) is 0 Å². The van der Waals surface area contributed by atoms with E-state index in [0.717, 1.165) is 12.8 Å². The highest BCUT2D eigenvalue weighted by Crippen LogP contribution is 2.12. The van der Waals surface area contributed by atoms with Crippen LogP contribution in [0, 0.1) is 0 Å². The fourth-order valence-electron chi connectivity index (χ4n) is 3.11. The minimum atomic E-state index is -0.642. The van der Waals surface area contributed by atoms with Gasteiger partial charge in [0.1, 0.15) is 6.54 Å². The fraction of sp³-hybridized carbons (Fsp3) is 0.500. The molecule has 3 rings (SSSR count). The number of carbonyl (C=O) groups excluding carboxylic acids is 1. The minimum absolute atomic E-state index is 0.122. The van der Waals surface area contributed by atoms with Crippen molar-refractivity contribution in [2.45, 2.75) is 32.9 Å². The lowest BCUT2D eigenvalue weighted by atomic mass is 10.2. The highest BCUT2D eigenvalue weighted by Gasteiger charge is 2.20. The van der Waals surface area contributed by atoms with Crippen molar-refractivity contribution in [3.8, 4) is 0 Å². The second-order valence-corrected chi connectivity index (χ2v) is 6.18. The molecule has 1 aliphatic rings. The summed E-state index contributed by atoms with van der Waals surface area (Å²) in [6.45, 7) is 4.44. The normalized spacial score (nSPS) is 14.8. The fourth-order valence-corrected chi connectivity index (χ4v) is 3.11. The maximum atomic E-state index is 12.6. The van der Waals surface area contributed by atoms with E-state index in [4.69, 9.17) is 4.74 Å². The molecule has 0 atom stereocenters. The van der Waals surface area contributed by atoms with E-state index in [2.05, 4.69) is 0 Å². The molecule has 1 fully saturated rings. The molecular formula is C18H23N3O4. The Hall–Kier alpha value is -2.41. The van der Waals surface area contributed by atoms with Crippen molar-refractivity contribution in [1.82, 2.24) is 14.0 Å². The summed E-state index contributed by atoms with van der Waals surface area (Å²) < 4.78 is 8.08. The Labute approximate surface area is 145 Å². The van der Waals surface area contributed by atoms with Crippen LogP contribution >= 0.6 is 0 Å². The number of nitrogens with zero attached hydrogens (tertiary/aromatic N) is 3. The third-order valence-corrected chi connectivity index (χ3v) is 4.53. The maximum Gasteiger partial charge on any atom is 0.317 e. The van der Waals surface area contributed by atoms with Crippen LogP contribution in [0.3, 0.4) is 0 Å². The number of amides is 1. The topological polar surface area (TPSA) is 73.5 Å². The van der Waals surface area contributed by atoms with Gasteiger partial charge in [-0.2, -0.15) is 0 Å². The van der Waals surface area contributed by atoms with E-state index < -0.39 is 11.1 Å². The summed E-state index contributed by atoms with van der Waals surface area (Å²) in [6, 6.07) is 7.25. The molecule has 1 saturated heterocycles. The van der Waals surface area contributed by atoms with Gasteiger partial charge < -0.3 is 14.2 Å². The molecule has 1 aromatic heterocycles. The summed E-state index contributed by atoms with van der Waals surface area (Å²) in [5, 5.41) is 0. The first-order valence-electron chi connectivity index (χ1n) is 8.71. The summed E-state index contributed by atoms with van der Waals surface area (Å²) in [5.74, 6) is -0.165. The van der Waals surface area contributed by atoms with Gasteiger partial charge in [0, 0.05) is 19.6 Å². The molecule has 7 nitrogen and oxygen atoms in total. The van der Waals surface area contributed by atoms with E-state index in [-0.39, 0.29) is 12.5 Å². The molecule has 2 aromatic rings. The highest BCUT2D eigenvalue weighted by atomic mass is 16.5. The second kappa shape index (κ2) is 7.65. The minimum Gasteiger partial charge on any atom is -0.378 e. The Bertz CT molecular complexity index is 878. The Kier molecular flexibility index (Phi) is 5.33. The van der Waals surface area contributed by atoms with E-state index in [1.165, 1.54) is 9.13 Å². The summed E-state index contributed by atoms with van der Waals surface area (Å²) in [7, 11) is 0. The lowest BCUT2D eigenvalue weighted by molar-refractivity contribution is -0.135. The van der Waals surface area contributed by atoms with Crippen molar-refractivity contribution in [2.75, 3.05) is 26.3 Å². The first kappa shape index (κ1) is 17.4. The van der Waals surface area contributed by atoms with Crippen molar-refractivity contribution in [3.05, 3.63) is 45.0 Å². The number of unbranched alkanes of at least 4 members (excludes halogenated alkanes) is 1. The van der Waals surface area contributed by atoms with Gasteiger partial charge >= 0.3 is 11.1 Å². The van der Waals surface area contributed by atoms with E-state index in [9.17, 15) is 14.4 Å². The molecule has 0 spiro atoms. The van der Waals surface area contributed by atoms with Crippen molar-refractivity contribution in [3.63, 3.8) is 0 Å². The maximum absolute atomic E-state index is 12.6. The highest BCUT2D eigenvalue weighted by molar-refractivity contribution is 5.80. The summed E-state index contributed by atoms with van der Waals surface area (Å²) in [5.41, 5.74) is 0.0958. The molecule has 0 saturated carbocycles. The van der Waals surface area contributed by atoms with Crippen LogP contribution < -0.4 is 11.1 Å². The predicted octanol–water partition coefficient (Wildman–Crippen LogP) is 0.822. The van der Waals surface area contributed by atoms with Crippen LogP contribution in [0.1, 0.15) is 19.8 Å². The largest absolute Gasteiger partial charge is 0.378 e. The van der Waals surface area contributed by atoms with Crippen LogP contribution in [0.5, 0.6) is 0 Å². The third kappa shape index (κ3) is 3.51. The van der Waals surface area contributed by atoms with Gasteiger partial charge in [0.15, 0.2) is 0 Å². The molecule has 0 unspecified atom stereocenters. The van der Waals surface area contributed by atoms with Crippen LogP contribution in [-0.2, 0) is 22.6 Å². The number of aromatic nitrogens is 2. The predicted molar refractivity (Wildman–Crippen MR) is 94.8 cm³/mol.